The van der Waals surface area contributed by atoms with E-state index in [2.05, 4.69) is 10.4 Å². The Morgan fingerprint density at radius 3 is 2.76 bits per heavy atom. The van der Waals surface area contributed by atoms with Gasteiger partial charge in [0.15, 0.2) is 8.29 Å². The highest BCUT2D eigenvalue weighted by Gasteiger charge is 2.17. The molecule has 0 aliphatic heterocycles. The zero-order chi connectivity index (χ0) is 17.8. The molecule has 0 unspecified atom stereocenters. The van der Waals surface area contributed by atoms with Crippen molar-refractivity contribution >= 4 is 58.5 Å². The molecule has 4 nitrogen and oxygen atoms in total. The van der Waals surface area contributed by atoms with E-state index >= 15 is 0 Å². The van der Waals surface area contributed by atoms with Crippen LogP contribution in [0.5, 0.6) is 0 Å². The molecule has 0 bridgehead atoms. The number of aromatic nitrogens is 2. The number of anilines is 1. The lowest BCUT2D eigenvalue weighted by molar-refractivity contribution is -0.115. The highest BCUT2D eigenvalue weighted by molar-refractivity contribution is 8.02. The molecule has 2 aromatic carbocycles. The lowest BCUT2D eigenvalue weighted by atomic mass is 10.3. The first-order valence-corrected chi connectivity index (χ1v) is 9.90. The van der Waals surface area contributed by atoms with Gasteiger partial charge in [0.1, 0.15) is 0 Å². The highest BCUT2D eigenvalue weighted by atomic mass is 35.5. The van der Waals surface area contributed by atoms with Gasteiger partial charge in [-0.2, -0.15) is 0 Å². The molecule has 0 radical (unpaired) electrons. The van der Waals surface area contributed by atoms with E-state index in [1.165, 1.54) is 23.1 Å². The third-order valence-corrected chi connectivity index (χ3v) is 5.92. The zero-order valence-corrected chi connectivity index (χ0v) is 16.4. The number of nitrogens with zero attached hydrogens (tertiary/aromatic N) is 2. The van der Waals surface area contributed by atoms with E-state index in [-0.39, 0.29) is 11.2 Å². The molecule has 0 saturated heterocycles. The number of thioether (sulfide) groups is 1. The van der Waals surface area contributed by atoms with E-state index in [4.69, 9.17) is 23.8 Å². The number of nitrogens with one attached hydrogen (secondary N) is 1. The van der Waals surface area contributed by atoms with Crippen LogP contribution in [-0.4, -0.2) is 20.9 Å². The van der Waals surface area contributed by atoms with Crippen LogP contribution in [0.4, 0.5) is 5.69 Å². The number of para-hydroxylation sites is 1. The third-order valence-electron chi connectivity index (χ3n) is 3.27. The van der Waals surface area contributed by atoms with E-state index < -0.39 is 0 Å². The van der Waals surface area contributed by atoms with Gasteiger partial charge in [-0.1, -0.05) is 59.0 Å². The lowest BCUT2D eigenvalue weighted by Gasteiger charge is -2.10. The van der Waals surface area contributed by atoms with Crippen molar-refractivity contribution in [3.05, 3.63) is 63.6 Å². The van der Waals surface area contributed by atoms with Gasteiger partial charge in [-0.15, -0.1) is 5.10 Å². The second kappa shape index (κ2) is 8.14. The quantitative estimate of drug-likeness (QED) is 0.452. The summed E-state index contributed by atoms with van der Waals surface area (Å²) in [5.74, 6) is -0.111. The van der Waals surface area contributed by atoms with Gasteiger partial charge in [0.2, 0.25) is 5.91 Å². The van der Waals surface area contributed by atoms with Crippen molar-refractivity contribution in [3.63, 3.8) is 0 Å². The number of halogens is 1. The number of hydrogen-bond acceptors (Lipinski definition) is 5. The maximum absolute atomic E-state index is 12.4. The molecule has 0 saturated carbocycles. The Kier molecular flexibility index (Phi) is 5.90. The molecular formula is C17H14ClN3OS3. The molecule has 0 fully saturated rings. The van der Waals surface area contributed by atoms with Crippen LogP contribution in [0, 0.1) is 3.95 Å². The van der Waals surface area contributed by atoms with Crippen LogP contribution in [0.15, 0.2) is 58.9 Å². The Morgan fingerprint density at radius 1 is 1.28 bits per heavy atom. The summed E-state index contributed by atoms with van der Waals surface area (Å²) in [4.78, 5) is 12.4. The van der Waals surface area contributed by atoms with Crippen LogP contribution in [-0.2, 0) is 4.79 Å². The maximum atomic E-state index is 12.4. The fourth-order valence-corrected chi connectivity index (χ4v) is 4.75. The van der Waals surface area contributed by atoms with Crippen LogP contribution < -0.4 is 5.32 Å². The van der Waals surface area contributed by atoms with Crippen LogP contribution in [0.2, 0.25) is 5.02 Å². The standard InChI is InChI=1S/C17H14ClN3OS3/c1-11(15(22)19-13-7-5-6-12(18)10-13)24-16-20-21(17(23)25-16)14-8-3-2-4-9-14/h2-11H,1H3,(H,19,22)/t11-/m0/s1. The minimum absolute atomic E-state index is 0.111. The van der Waals surface area contributed by atoms with Gasteiger partial charge in [-0.3, -0.25) is 4.79 Å². The molecule has 3 aromatic rings. The minimum atomic E-state index is -0.316. The maximum Gasteiger partial charge on any atom is 0.237 e. The van der Waals surface area contributed by atoms with Gasteiger partial charge in [-0.25, -0.2) is 4.68 Å². The van der Waals surface area contributed by atoms with Gasteiger partial charge in [-0.05, 0) is 49.5 Å². The molecule has 3 rings (SSSR count). The number of carbonyl (C=O) groups excluding carboxylic acids is 1. The largest absolute Gasteiger partial charge is 0.325 e. The average Bonchev–Trinajstić information content (AvgIpc) is 2.96. The summed E-state index contributed by atoms with van der Waals surface area (Å²) >= 11 is 14.1. The Balaban J connectivity index is 1.70. The second-order valence-corrected chi connectivity index (χ2v) is 8.79. The van der Waals surface area contributed by atoms with Crippen molar-refractivity contribution in [3.8, 4) is 5.69 Å². The summed E-state index contributed by atoms with van der Waals surface area (Å²) in [5, 5.41) is 7.64. The summed E-state index contributed by atoms with van der Waals surface area (Å²) in [6.07, 6.45) is 0. The molecule has 0 aliphatic rings. The van der Waals surface area contributed by atoms with Crippen molar-refractivity contribution < 1.29 is 4.79 Å². The summed E-state index contributed by atoms with van der Waals surface area (Å²) in [6, 6.07) is 16.8. The van der Waals surface area contributed by atoms with Crippen molar-refractivity contribution in [2.24, 2.45) is 0 Å². The normalized spacial score (nSPS) is 11.9. The Hall–Kier alpha value is -1.67. The van der Waals surface area contributed by atoms with E-state index in [9.17, 15) is 4.79 Å². The minimum Gasteiger partial charge on any atom is -0.325 e. The van der Waals surface area contributed by atoms with Crippen molar-refractivity contribution in [2.75, 3.05) is 5.32 Å². The molecule has 1 amide bonds. The molecule has 25 heavy (non-hydrogen) atoms. The third kappa shape index (κ3) is 4.70. The van der Waals surface area contributed by atoms with E-state index in [1.54, 1.807) is 28.9 Å². The van der Waals surface area contributed by atoms with Crippen molar-refractivity contribution in [2.45, 2.75) is 16.5 Å². The summed E-state index contributed by atoms with van der Waals surface area (Å²) in [6.45, 7) is 1.84. The van der Waals surface area contributed by atoms with Crippen LogP contribution in [0.3, 0.4) is 0 Å². The molecule has 1 atom stereocenters. The predicted octanol–water partition coefficient (Wildman–Crippen LogP) is 5.44. The van der Waals surface area contributed by atoms with Crippen molar-refractivity contribution in [1.29, 1.82) is 0 Å². The summed E-state index contributed by atoms with van der Waals surface area (Å²) in [7, 11) is 0. The van der Waals surface area contributed by atoms with Crippen LogP contribution >= 0.6 is 46.9 Å². The number of carbonyl (C=O) groups is 1. The van der Waals surface area contributed by atoms with Crippen LogP contribution in [0.1, 0.15) is 6.92 Å². The topological polar surface area (TPSA) is 46.9 Å². The number of hydrogen-bond donors (Lipinski definition) is 1. The fourth-order valence-electron chi connectivity index (χ4n) is 2.06. The lowest BCUT2D eigenvalue weighted by Crippen LogP contribution is -2.22. The molecule has 128 valence electrons. The van der Waals surface area contributed by atoms with E-state index in [0.29, 0.717) is 14.7 Å². The van der Waals surface area contributed by atoms with Gasteiger partial charge in [0, 0.05) is 10.7 Å². The summed E-state index contributed by atoms with van der Waals surface area (Å²) < 4.78 is 3.11. The highest BCUT2D eigenvalue weighted by Crippen LogP contribution is 2.28. The molecule has 0 spiro atoms. The Morgan fingerprint density at radius 2 is 2.04 bits per heavy atom. The first kappa shape index (κ1) is 18.1. The first-order valence-electron chi connectivity index (χ1n) is 7.41. The molecule has 0 aliphatic carbocycles. The van der Waals surface area contributed by atoms with Gasteiger partial charge in [0.25, 0.3) is 0 Å². The monoisotopic (exact) mass is 407 g/mol. The predicted molar refractivity (Wildman–Crippen MR) is 108 cm³/mol. The second-order valence-electron chi connectivity index (χ2n) is 5.14. The summed E-state index contributed by atoms with van der Waals surface area (Å²) in [5.41, 5.74) is 1.58. The Labute approximate surface area is 163 Å². The van der Waals surface area contributed by atoms with Crippen molar-refractivity contribution in [1.82, 2.24) is 9.78 Å². The number of amides is 1. The van der Waals surface area contributed by atoms with E-state index in [1.807, 2.05) is 37.3 Å². The van der Waals surface area contributed by atoms with Gasteiger partial charge in [0.05, 0.1) is 10.9 Å². The molecule has 1 aromatic heterocycles. The number of benzene rings is 2. The molecule has 1 heterocycles. The fraction of sp³-hybridized carbons (Fsp3) is 0.118. The molecular weight excluding hydrogens is 394 g/mol. The average molecular weight is 408 g/mol. The van der Waals surface area contributed by atoms with E-state index in [0.717, 1.165) is 10.0 Å². The number of rotatable bonds is 5. The van der Waals surface area contributed by atoms with Gasteiger partial charge >= 0.3 is 0 Å². The first-order chi connectivity index (χ1) is 12.0. The van der Waals surface area contributed by atoms with Crippen LogP contribution in [0.25, 0.3) is 5.69 Å². The molecule has 1 N–H and O–H groups in total. The molecule has 8 heteroatoms. The van der Waals surface area contributed by atoms with Gasteiger partial charge < -0.3 is 5.32 Å². The smallest absolute Gasteiger partial charge is 0.237 e. The Bertz CT molecular complexity index is 940. The zero-order valence-electron chi connectivity index (χ0n) is 13.2. The SMILES string of the molecule is C[C@H](Sc1nn(-c2ccccc2)c(=S)s1)C(=O)Nc1cccc(Cl)c1.